The van der Waals surface area contributed by atoms with Gasteiger partial charge in [-0.15, -0.1) is 0 Å². The maximum atomic E-state index is 10.6. The van der Waals surface area contributed by atoms with E-state index in [1.54, 1.807) is 12.4 Å². The van der Waals surface area contributed by atoms with Crippen LogP contribution in [0.25, 0.3) is 0 Å². The standard InChI is InChI=1S/C9H15N3O2S/c10-15(13,14)6-2-5-12-8-9-3-1-4-11-7-9/h1,3-4,7,12H,2,5-6,8H2,(H2,10,13,14). The summed E-state index contributed by atoms with van der Waals surface area (Å²) in [6.07, 6.45) is 4.01. The highest BCUT2D eigenvalue weighted by Gasteiger charge is 2.00. The zero-order chi connectivity index (χ0) is 11.1. The Morgan fingerprint density at radius 1 is 1.47 bits per heavy atom. The molecule has 0 spiro atoms. The monoisotopic (exact) mass is 229 g/mol. The molecule has 1 aromatic rings. The Morgan fingerprint density at radius 3 is 2.87 bits per heavy atom. The summed E-state index contributed by atoms with van der Waals surface area (Å²) in [7, 11) is -3.32. The number of hydrogen-bond acceptors (Lipinski definition) is 4. The second-order valence-electron chi connectivity index (χ2n) is 3.26. The first-order valence-corrected chi connectivity index (χ1v) is 6.39. The number of nitrogens with one attached hydrogen (secondary N) is 1. The molecule has 84 valence electrons. The molecule has 0 aliphatic carbocycles. The highest BCUT2D eigenvalue weighted by atomic mass is 32.2. The first kappa shape index (κ1) is 12.1. The summed E-state index contributed by atoms with van der Waals surface area (Å²) >= 11 is 0. The van der Waals surface area contributed by atoms with Gasteiger partial charge in [0.2, 0.25) is 10.0 Å². The number of nitrogens with zero attached hydrogens (tertiary/aromatic N) is 1. The van der Waals surface area contributed by atoms with E-state index < -0.39 is 10.0 Å². The Labute approximate surface area is 89.8 Å². The summed E-state index contributed by atoms with van der Waals surface area (Å²) in [5.74, 6) is 0.0209. The van der Waals surface area contributed by atoms with Gasteiger partial charge < -0.3 is 5.32 Å². The van der Waals surface area contributed by atoms with E-state index in [1.165, 1.54) is 0 Å². The number of pyridine rings is 1. The van der Waals surface area contributed by atoms with E-state index in [0.29, 0.717) is 19.5 Å². The molecule has 0 unspecified atom stereocenters. The molecule has 5 nitrogen and oxygen atoms in total. The normalized spacial score (nSPS) is 11.5. The molecule has 0 aliphatic rings. The van der Waals surface area contributed by atoms with Gasteiger partial charge in [-0.05, 0) is 24.6 Å². The van der Waals surface area contributed by atoms with Crippen molar-refractivity contribution in [3.8, 4) is 0 Å². The van der Waals surface area contributed by atoms with Crippen LogP contribution in [-0.2, 0) is 16.6 Å². The number of sulfonamides is 1. The quantitative estimate of drug-likeness (QED) is 0.664. The second kappa shape index (κ2) is 5.79. The molecule has 1 heterocycles. The van der Waals surface area contributed by atoms with E-state index in [-0.39, 0.29) is 5.75 Å². The topological polar surface area (TPSA) is 85.1 Å². The van der Waals surface area contributed by atoms with Gasteiger partial charge in [0.15, 0.2) is 0 Å². The average molecular weight is 229 g/mol. The first-order chi connectivity index (χ1) is 7.08. The van der Waals surface area contributed by atoms with Crippen molar-refractivity contribution < 1.29 is 8.42 Å². The van der Waals surface area contributed by atoms with E-state index in [9.17, 15) is 8.42 Å². The van der Waals surface area contributed by atoms with Crippen LogP contribution in [0.15, 0.2) is 24.5 Å². The predicted molar refractivity (Wildman–Crippen MR) is 58.5 cm³/mol. The zero-order valence-electron chi connectivity index (χ0n) is 8.39. The van der Waals surface area contributed by atoms with Crippen LogP contribution >= 0.6 is 0 Å². The lowest BCUT2D eigenvalue weighted by molar-refractivity contribution is 0.590. The summed E-state index contributed by atoms with van der Waals surface area (Å²) < 4.78 is 21.2. The van der Waals surface area contributed by atoms with E-state index in [2.05, 4.69) is 10.3 Å². The summed E-state index contributed by atoms with van der Waals surface area (Å²) in [6, 6.07) is 3.82. The van der Waals surface area contributed by atoms with E-state index in [4.69, 9.17) is 5.14 Å². The van der Waals surface area contributed by atoms with Gasteiger partial charge in [-0.2, -0.15) is 0 Å². The predicted octanol–water partition coefficient (Wildman–Crippen LogP) is -0.150. The van der Waals surface area contributed by atoms with Crippen LogP contribution in [0.4, 0.5) is 0 Å². The molecule has 0 bridgehead atoms. The number of hydrogen-bond donors (Lipinski definition) is 2. The number of aromatic nitrogens is 1. The highest BCUT2D eigenvalue weighted by molar-refractivity contribution is 7.89. The van der Waals surface area contributed by atoms with Crippen LogP contribution in [0, 0.1) is 0 Å². The molecule has 3 N–H and O–H groups in total. The van der Waals surface area contributed by atoms with Gasteiger partial charge in [-0.1, -0.05) is 6.07 Å². The first-order valence-electron chi connectivity index (χ1n) is 4.68. The van der Waals surface area contributed by atoms with E-state index in [0.717, 1.165) is 5.56 Å². The van der Waals surface area contributed by atoms with Crippen LogP contribution in [-0.4, -0.2) is 25.7 Å². The molecule has 0 radical (unpaired) electrons. The van der Waals surface area contributed by atoms with Crippen LogP contribution < -0.4 is 10.5 Å². The second-order valence-corrected chi connectivity index (χ2v) is 4.99. The molecule has 0 amide bonds. The largest absolute Gasteiger partial charge is 0.313 e. The Hall–Kier alpha value is -0.980. The van der Waals surface area contributed by atoms with Crippen molar-refractivity contribution in [3.05, 3.63) is 30.1 Å². The lowest BCUT2D eigenvalue weighted by Gasteiger charge is -2.03. The van der Waals surface area contributed by atoms with E-state index >= 15 is 0 Å². The third kappa shape index (κ3) is 6.16. The highest BCUT2D eigenvalue weighted by Crippen LogP contribution is 1.94. The number of nitrogens with two attached hydrogens (primary N) is 1. The van der Waals surface area contributed by atoms with E-state index in [1.807, 2.05) is 12.1 Å². The van der Waals surface area contributed by atoms with Gasteiger partial charge in [0.05, 0.1) is 5.75 Å². The smallest absolute Gasteiger partial charge is 0.209 e. The molecule has 1 aromatic heterocycles. The molecule has 0 aliphatic heterocycles. The Morgan fingerprint density at radius 2 is 2.27 bits per heavy atom. The Balaban J connectivity index is 2.13. The minimum absolute atomic E-state index is 0.0209. The molecular formula is C9H15N3O2S. The average Bonchev–Trinajstić information content (AvgIpc) is 2.17. The van der Waals surface area contributed by atoms with Crippen LogP contribution in [0.2, 0.25) is 0 Å². The van der Waals surface area contributed by atoms with Crippen LogP contribution in [0.1, 0.15) is 12.0 Å². The third-order valence-corrected chi connectivity index (χ3v) is 2.69. The van der Waals surface area contributed by atoms with Gasteiger partial charge in [-0.25, -0.2) is 13.6 Å². The number of primary sulfonamides is 1. The molecular weight excluding hydrogens is 214 g/mol. The van der Waals surface area contributed by atoms with Gasteiger partial charge in [0.1, 0.15) is 0 Å². The van der Waals surface area contributed by atoms with Crippen molar-refractivity contribution in [2.45, 2.75) is 13.0 Å². The van der Waals surface area contributed by atoms with Crippen molar-refractivity contribution in [1.82, 2.24) is 10.3 Å². The van der Waals surface area contributed by atoms with Crippen molar-refractivity contribution in [2.24, 2.45) is 5.14 Å². The molecule has 15 heavy (non-hydrogen) atoms. The zero-order valence-corrected chi connectivity index (χ0v) is 9.20. The fourth-order valence-electron chi connectivity index (χ4n) is 1.13. The van der Waals surface area contributed by atoms with Gasteiger partial charge in [-0.3, -0.25) is 4.98 Å². The summed E-state index contributed by atoms with van der Waals surface area (Å²) in [5, 5.41) is 7.98. The molecule has 6 heteroatoms. The van der Waals surface area contributed by atoms with Crippen molar-refractivity contribution in [1.29, 1.82) is 0 Å². The van der Waals surface area contributed by atoms with Gasteiger partial charge in [0.25, 0.3) is 0 Å². The third-order valence-electron chi connectivity index (χ3n) is 1.83. The molecule has 0 aromatic carbocycles. The minimum Gasteiger partial charge on any atom is -0.313 e. The van der Waals surface area contributed by atoms with Crippen molar-refractivity contribution >= 4 is 10.0 Å². The molecule has 0 atom stereocenters. The number of rotatable bonds is 6. The van der Waals surface area contributed by atoms with Crippen LogP contribution in [0.3, 0.4) is 0 Å². The Kier molecular flexibility index (Phi) is 4.67. The summed E-state index contributed by atoms with van der Waals surface area (Å²) in [6.45, 7) is 1.32. The van der Waals surface area contributed by atoms with Crippen LogP contribution in [0.5, 0.6) is 0 Å². The van der Waals surface area contributed by atoms with Crippen molar-refractivity contribution in [2.75, 3.05) is 12.3 Å². The summed E-state index contributed by atoms with van der Waals surface area (Å²) in [5.41, 5.74) is 1.08. The minimum atomic E-state index is -3.32. The van der Waals surface area contributed by atoms with Crippen molar-refractivity contribution in [3.63, 3.8) is 0 Å². The Bertz CT molecular complexity index is 378. The fourth-order valence-corrected chi connectivity index (χ4v) is 1.68. The maximum absolute atomic E-state index is 10.6. The molecule has 0 saturated carbocycles. The molecule has 0 fully saturated rings. The summed E-state index contributed by atoms with van der Waals surface area (Å²) in [4.78, 5) is 3.97. The molecule has 1 rings (SSSR count). The lowest BCUT2D eigenvalue weighted by Crippen LogP contribution is -2.22. The molecule has 0 saturated heterocycles. The van der Waals surface area contributed by atoms with Gasteiger partial charge >= 0.3 is 0 Å². The fraction of sp³-hybridized carbons (Fsp3) is 0.444. The lowest BCUT2D eigenvalue weighted by atomic mass is 10.3. The maximum Gasteiger partial charge on any atom is 0.209 e. The van der Waals surface area contributed by atoms with Gasteiger partial charge in [0, 0.05) is 18.9 Å². The SMILES string of the molecule is NS(=O)(=O)CCCNCc1cccnc1.